The first-order chi connectivity index (χ1) is 11.6. The first-order valence-corrected chi connectivity index (χ1v) is 7.51. The molecule has 0 bridgehead atoms. The highest BCUT2D eigenvalue weighted by Gasteiger charge is 2.26. The van der Waals surface area contributed by atoms with Crippen molar-refractivity contribution in [2.45, 2.75) is 19.9 Å². The maximum absolute atomic E-state index is 12.6. The summed E-state index contributed by atoms with van der Waals surface area (Å²) in [6, 6.07) is 7.83. The van der Waals surface area contributed by atoms with E-state index >= 15 is 0 Å². The molecule has 3 aromatic rings. The Bertz CT molecular complexity index is 854. The quantitative estimate of drug-likeness (QED) is 0.743. The predicted octanol–water partition coefficient (Wildman–Crippen LogP) is 1.72. The first kappa shape index (κ1) is 15.7. The summed E-state index contributed by atoms with van der Waals surface area (Å²) in [5.74, 6) is -0.485. The van der Waals surface area contributed by atoms with Crippen LogP contribution in [-0.4, -0.2) is 32.5 Å². The Morgan fingerprint density at radius 2 is 2.00 bits per heavy atom. The van der Waals surface area contributed by atoms with Gasteiger partial charge >= 0.3 is 0 Å². The molecular formula is C16H17N5O3. The molecule has 1 unspecified atom stereocenters. The van der Waals surface area contributed by atoms with Crippen molar-refractivity contribution in [2.24, 2.45) is 5.92 Å². The monoisotopic (exact) mass is 327 g/mol. The van der Waals surface area contributed by atoms with Crippen molar-refractivity contribution < 1.29 is 14.0 Å². The van der Waals surface area contributed by atoms with Crippen LogP contribution in [0, 0.1) is 5.92 Å². The number of fused-ring (bicyclic) bond motifs is 1. The van der Waals surface area contributed by atoms with Gasteiger partial charge in [0.25, 0.3) is 5.91 Å². The lowest BCUT2D eigenvalue weighted by Crippen LogP contribution is -2.47. The largest absolute Gasteiger partial charge is 0.459 e. The smallest absolute Gasteiger partial charge is 0.287 e. The number of nitrogens with one attached hydrogen (secondary N) is 2. The zero-order valence-electron chi connectivity index (χ0n) is 13.3. The summed E-state index contributed by atoms with van der Waals surface area (Å²) < 4.78 is 6.71. The molecule has 0 fully saturated rings. The molecule has 0 radical (unpaired) electrons. The van der Waals surface area contributed by atoms with Crippen LogP contribution in [0.1, 0.15) is 24.4 Å². The molecule has 3 aromatic heterocycles. The van der Waals surface area contributed by atoms with E-state index in [0.717, 1.165) is 0 Å². The van der Waals surface area contributed by atoms with Crippen molar-refractivity contribution in [1.29, 1.82) is 0 Å². The number of carbonyl (C=O) groups excluding carboxylic acids is 2. The summed E-state index contributed by atoms with van der Waals surface area (Å²) in [5, 5.41) is 13.3. The highest BCUT2D eigenvalue weighted by Crippen LogP contribution is 2.11. The maximum Gasteiger partial charge on any atom is 0.287 e. The summed E-state index contributed by atoms with van der Waals surface area (Å²) in [5.41, 5.74) is 0.619. The van der Waals surface area contributed by atoms with Crippen LogP contribution in [0.2, 0.25) is 0 Å². The Hall–Kier alpha value is -3.16. The Labute approximate surface area is 137 Å². The van der Waals surface area contributed by atoms with E-state index in [2.05, 4.69) is 20.8 Å². The third kappa shape index (κ3) is 3.12. The molecule has 124 valence electrons. The number of pyridine rings is 1. The summed E-state index contributed by atoms with van der Waals surface area (Å²) in [6.45, 7) is 3.68. The van der Waals surface area contributed by atoms with Crippen molar-refractivity contribution in [3.63, 3.8) is 0 Å². The summed E-state index contributed by atoms with van der Waals surface area (Å²) in [7, 11) is 0. The Balaban J connectivity index is 1.76. The fourth-order valence-electron chi connectivity index (χ4n) is 2.27. The number of anilines is 1. The zero-order valence-corrected chi connectivity index (χ0v) is 13.3. The Morgan fingerprint density at radius 3 is 2.71 bits per heavy atom. The molecule has 0 aromatic carbocycles. The second-order valence-corrected chi connectivity index (χ2v) is 5.61. The molecule has 0 aliphatic carbocycles. The molecule has 0 saturated heterocycles. The van der Waals surface area contributed by atoms with Crippen LogP contribution in [-0.2, 0) is 4.79 Å². The highest BCUT2D eigenvalue weighted by atomic mass is 16.3. The third-order valence-electron chi connectivity index (χ3n) is 3.53. The van der Waals surface area contributed by atoms with Gasteiger partial charge in [-0.2, -0.15) is 0 Å². The SMILES string of the molecule is CC(C)C(NC(=O)c1ccco1)C(=O)Nc1nnc2ccccn12. The van der Waals surface area contributed by atoms with Gasteiger partial charge in [-0.05, 0) is 30.2 Å². The van der Waals surface area contributed by atoms with Crippen LogP contribution in [0.4, 0.5) is 5.95 Å². The summed E-state index contributed by atoms with van der Waals surface area (Å²) in [6.07, 6.45) is 3.15. The van der Waals surface area contributed by atoms with Gasteiger partial charge in [0, 0.05) is 6.20 Å². The molecule has 2 N–H and O–H groups in total. The van der Waals surface area contributed by atoms with E-state index in [1.165, 1.54) is 12.3 Å². The van der Waals surface area contributed by atoms with E-state index in [4.69, 9.17) is 4.42 Å². The topological polar surface area (TPSA) is 102 Å². The molecule has 1 atom stereocenters. The van der Waals surface area contributed by atoms with Crippen LogP contribution < -0.4 is 10.6 Å². The number of carbonyl (C=O) groups is 2. The maximum atomic E-state index is 12.6. The molecular weight excluding hydrogens is 310 g/mol. The molecule has 3 rings (SSSR count). The molecule has 2 amide bonds. The number of hydrogen-bond acceptors (Lipinski definition) is 5. The van der Waals surface area contributed by atoms with Gasteiger partial charge < -0.3 is 9.73 Å². The molecule has 8 heteroatoms. The summed E-state index contributed by atoms with van der Waals surface area (Å²) >= 11 is 0. The van der Waals surface area contributed by atoms with Gasteiger partial charge in [0.15, 0.2) is 11.4 Å². The Morgan fingerprint density at radius 1 is 1.17 bits per heavy atom. The number of nitrogens with zero attached hydrogens (tertiary/aromatic N) is 3. The second kappa shape index (κ2) is 6.53. The molecule has 0 saturated carbocycles. The fraction of sp³-hybridized carbons (Fsp3) is 0.250. The van der Waals surface area contributed by atoms with Crippen molar-refractivity contribution in [3.05, 3.63) is 48.6 Å². The Kier molecular flexibility index (Phi) is 4.28. The fourth-order valence-corrected chi connectivity index (χ4v) is 2.27. The lowest BCUT2D eigenvalue weighted by molar-refractivity contribution is -0.118. The average molecular weight is 327 g/mol. The first-order valence-electron chi connectivity index (χ1n) is 7.51. The molecule has 3 heterocycles. The van der Waals surface area contributed by atoms with Crippen molar-refractivity contribution in [1.82, 2.24) is 19.9 Å². The van der Waals surface area contributed by atoms with Gasteiger partial charge in [0.1, 0.15) is 6.04 Å². The minimum Gasteiger partial charge on any atom is -0.459 e. The van der Waals surface area contributed by atoms with Crippen molar-refractivity contribution in [3.8, 4) is 0 Å². The molecule has 0 aliphatic rings. The van der Waals surface area contributed by atoms with E-state index in [-0.39, 0.29) is 17.6 Å². The van der Waals surface area contributed by atoms with E-state index in [1.54, 1.807) is 22.7 Å². The second-order valence-electron chi connectivity index (χ2n) is 5.61. The van der Waals surface area contributed by atoms with Gasteiger partial charge in [-0.3, -0.25) is 19.3 Å². The van der Waals surface area contributed by atoms with E-state index in [9.17, 15) is 9.59 Å². The number of furan rings is 1. The van der Waals surface area contributed by atoms with Crippen LogP contribution in [0.3, 0.4) is 0 Å². The highest BCUT2D eigenvalue weighted by molar-refractivity contribution is 5.99. The number of aromatic nitrogens is 3. The normalized spacial score (nSPS) is 12.3. The standard InChI is InChI=1S/C16H17N5O3/c1-10(2)13(17-14(22)11-6-5-9-24-11)15(23)18-16-20-19-12-7-3-4-8-21(12)16/h3-10,13H,1-2H3,(H,17,22)(H,18,20,23). The minimum atomic E-state index is -0.737. The van der Waals surface area contributed by atoms with Gasteiger partial charge in [0.2, 0.25) is 11.9 Å². The third-order valence-corrected chi connectivity index (χ3v) is 3.53. The number of hydrogen-bond donors (Lipinski definition) is 2. The lowest BCUT2D eigenvalue weighted by Gasteiger charge is -2.20. The van der Waals surface area contributed by atoms with Gasteiger partial charge in [0.05, 0.1) is 6.26 Å². The molecule has 8 nitrogen and oxygen atoms in total. The van der Waals surface area contributed by atoms with Crippen molar-refractivity contribution in [2.75, 3.05) is 5.32 Å². The lowest BCUT2D eigenvalue weighted by atomic mass is 10.0. The average Bonchev–Trinajstić information content (AvgIpc) is 3.22. The predicted molar refractivity (Wildman–Crippen MR) is 86.4 cm³/mol. The van der Waals surface area contributed by atoms with E-state index in [1.807, 2.05) is 26.0 Å². The van der Waals surface area contributed by atoms with E-state index in [0.29, 0.717) is 11.6 Å². The number of rotatable bonds is 5. The van der Waals surface area contributed by atoms with E-state index < -0.39 is 11.9 Å². The van der Waals surface area contributed by atoms with Crippen LogP contribution in [0.15, 0.2) is 47.2 Å². The van der Waals surface area contributed by atoms with Gasteiger partial charge in [-0.1, -0.05) is 19.9 Å². The summed E-state index contributed by atoms with van der Waals surface area (Å²) in [4.78, 5) is 24.7. The van der Waals surface area contributed by atoms with Crippen LogP contribution in [0.5, 0.6) is 0 Å². The minimum absolute atomic E-state index is 0.122. The zero-order chi connectivity index (χ0) is 17.1. The number of amides is 2. The van der Waals surface area contributed by atoms with Crippen molar-refractivity contribution >= 4 is 23.4 Å². The van der Waals surface area contributed by atoms with Gasteiger partial charge in [-0.15, -0.1) is 10.2 Å². The van der Waals surface area contributed by atoms with Crippen LogP contribution in [0.25, 0.3) is 5.65 Å². The molecule has 24 heavy (non-hydrogen) atoms. The molecule has 0 aliphatic heterocycles. The van der Waals surface area contributed by atoms with Crippen LogP contribution >= 0.6 is 0 Å². The molecule has 0 spiro atoms. The van der Waals surface area contributed by atoms with Gasteiger partial charge in [-0.25, -0.2) is 0 Å².